The molecule has 4 N–H and O–H groups in total. The van der Waals surface area contributed by atoms with Crippen molar-refractivity contribution in [3.8, 4) is 17.0 Å². The molecule has 0 saturated heterocycles. The summed E-state index contributed by atoms with van der Waals surface area (Å²) in [6, 6.07) is 13.8. The molecule has 0 aliphatic rings. The van der Waals surface area contributed by atoms with Crippen LogP contribution in [0.25, 0.3) is 22.2 Å². The van der Waals surface area contributed by atoms with Gasteiger partial charge in [-0.25, -0.2) is 0 Å². The van der Waals surface area contributed by atoms with Gasteiger partial charge in [-0.1, -0.05) is 12.1 Å². The lowest BCUT2D eigenvalue weighted by molar-refractivity contribution is 0.415. The molecule has 0 aliphatic carbocycles. The maximum Gasteiger partial charge on any atom is 0.120 e. The van der Waals surface area contributed by atoms with E-state index in [4.69, 9.17) is 16.2 Å². The standard InChI is InChI=1S/C17H19N3O/c1-3-20-15-10-13(21-2)8-9-14(15)16(19)17(20)11-4-6-12(18)7-5-11/h4-10H,3,18-19H2,1-2H3. The number of methoxy groups -OCH3 is 1. The molecule has 3 rings (SSSR count). The van der Waals surface area contributed by atoms with Crippen LogP contribution in [-0.4, -0.2) is 11.7 Å². The van der Waals surface area contributed by atoms with Crippen molar-refractivity contribution in [2.75, 3.05) is 18.6 Å². The van der Waals surface area contributed by atoms with Crippen LogP contribution in [0.2, 0.25) is 0 Å². The first-order valence-electron chi connectivity index (χ1n) is 6.97. The minimum absolute atomic E-state index is 0.748. The van der Waals surface area contributed by atoms with E-state index in [1.54, 1.807) is 7.11 Å². The molecule has 0 amide bonds. The molecule has 0 radical (unpaired) electrons. The Hall–Kier alpha value is -2.62. The Morgan fingerprint density at radius 2 is 1.76 bits per heavy atom. The van der Waals surface area contributed by atoms with Crippen LogP contribution < -0.4 is 16.2 Å². The summed E-state index contributed by atoms with van der Waals surface area (Å²) in [5.41, 5.74) is 16.9. The smallest absolute Gasteiger partial charge is 0.120 e. The van der Waals surface area contributed by atoms with Crippen molar-refractivity contribution >= 4 is 22.3 Å². The molecule has 2 aromatic carbocycles. The molecular weight excluding hydrogens is 262 g/mol. The zero-order valence-corrected chi connectivity index (χ0v) is 12.3. The second-order valence-corrected chi connectivity index (χ2v) is 5.01. The topological polar surface area (TPSA) is 66.2 Å². The van der Waals surface area contributed by atoms with Crippen molar-refractivity contribution in [2.45, 2.75) is 13.5 Å². The molecule has 108 valence electrons. The number of fused-ring (bicyclic) bond motifs is 1. The number of hydrogen-bond acceptors (Lipinski definition) is 3. The van der Waals surface area contributed by atoms with Crippen LogP contribution in [0.1, 0.15) is 6.92 Å². The second-order valence-electron chi connectivity index (χ2n) is 5.01. The number of anilines is 2. The highest BCUT2D eigenvalue weighted by Gasteiger charge is 2.16. The van der Waals surface area contributed by atoms with Crippen molar-refractivity contribution in [3.05, 3.63) is 42.5 Å². The normalized spacial score (nSPS) is 11.0. The first-order valence-corrected chi connectivity index (χ1v) is 6.97. The van der Waals surface area contributed by atoms with Gasteiger partial charge in [-0.2, -0.15) is 0 Å². The largest absolute Gasteiger partial charge is 0.497 e. The molecule has 4 heteroatoms. The van der Waals surface area contributed by atoms with Gasteiger partial charge in [0.25, 0.3) is 0 Å². The predicted molar refractivity (Wildman–Crippen MR) is 88.4 cm³/mol. The average Bonchev–Trinajstić information content (AvgIpc) is 2.80. The highest BCUT2D eigenvalue weighted by Crippen LogP contribution is 2.37. The van der Waals surface area contributed by atoms with Crippen LogP contribution in [-0.2, 0) is 6.54 Å². The van der Waals surface area contributed by atoms with Gasteiger partial charge in [0.05, 0.1) is 24.0 Å². The fourth-order valence-corrected chi connectivity index (χ4v) is 2.76. The van der Waals surface area contributed by atoms with Crippen LogP contribution >= 0.6 is 0 Å². The second kappa shape index (κ2) is 5.05. The van der Waals surface area contributed by atoms with Crippen molar-refractivity contribution in [1.82, 2.24) is 4.57 Å². The van der Waals surface area contributed by atoms with E-state index in [2.05, 4.69) is 11.5 Å². The molecule has 0 spiro atoms. The van der Waals surface area contributed by atoms with E-state index in [0.29, 0.717) is 0 Å². The van der Waals surface area contributed by atoms with Gasteiger partial charge in [0.2, 0.25) is 0 Å². The molecule has 3 aromatic rings. The van der Waals surface area contributed by atoms with Crippen molar-refractivity contribution in [1.29, 1.82) is 0 Å². The number of rotatable bonds is 3. The van der Waals surface area contributed by atoms with E-state index >= 15 is 0 Å². The molecular formula is C17H19N3O. The van der Waals surface area contributed by atoms with Crippen LogP contribution in [0.4, 0.5) is 11.4 Å². The molecule has 0 atom stereocenters. The molecule has 21 heavy (non-hydrogen) atoms. The van der Waals surface area contributed by atoms with Gasteiger partial charge in [0, 0.05) is 29.2 Å². The number of nitrogen functional groups attached to an aromatic ring is 2. The molecule has 0 unspecified atom stereocenters. The Bertz CT molecular complexity index is 788. The first kappa shape index (κ1) is 13.4. The van der Waals surface area contributed by atoms with Crippen LogP contribution in [0, 0.1) is 0 Å². The maximum atomic E-state index is 6.38. The van der Waals surface area contributed by atoms with Crippen LogP contribution in [0.5, 0.6) is 5.75 Å². The average molecular weight is 281 g/mol. The number of nitrogens with zero attached hydrogens (tertiary/aromatic N) is 1. The molecule has 0 aliphatic heterocycles. The fraction of sp³-hybridized carbons (Fsp3) is 0.176. The molecule has 0 bridgehead atoms. The van der Waals surface area contributed by atoms with E-state index < -0.39 is 0 Å². The van der Waals surface area contributed by atoms with Gasteiger partial charge in [-0.15, -0.1) is 0 Å². The fourth-order valence-electron chi connectivity index (χ4n) is 2.76. The highest BCUT2D eigenvalue weighted by atomic mass is 16.5. The third-order valence-corrected chi connectivity index (χ3v) is 3.81. The quantitative estimate of drug-likeness (QED) is 0.722. The van der Waals surface area contributed by atoms with Gasteiger partial charge in [-0.05, 0) is 31.2 Å². The Morgan fingerprint density at radius 1 is 1.05 bits per heavy atom. The number of hydrogen-bond donors (Lipinski definition) is 2. The lowest BCUT2D eigenvalue weighted by atomic mass is 10.1. The Balaban J connectivity index is 2.31. The van der Waals surface area contributed by atoms with Crippen molar-refractivity contribution < 1.29 is 4.74 Å². The third kappa shape index (κ3) is 2.09. The Labute approximate surface area is 123 Å². The molecule has 4 nitrogen and oxygen atoms in total. The summed E-state index contributed by atoms with van der Waals surface area (Å²) in [6.07, 6.45) is 0. The number of nitrogens with two attached hydrogens (primary N) is 2. The molecule has 0 fully saturated rings. The van der Waals surface area contributed by atoms with E-state index in [1.807, 2.05) is 42.5 Å². The summed E-state index contributed by atoms with van der Waals surface area (Å²) in [5.74, 6) is 0.832. The van der Waals surface area contributed by atoms with Crippen molar-refractivity contribution in [2.24, 2.45) is 0 Å². The number of ether oxygens (including phenoxy) is 1. The SMILES string of the molecule is CCn1c(-c2ccc(N)cc2)c(N)c2ccc(OC)cc21. The maximum absolute atomic E-state index is 6.38. The van der Waals surface area contributed by atoms with Crippen LogP contribution in [0.15, 0.2) is 42.5 Å². The van der Waals surface area contributed by atoms with Crippen molar-refractivity contribution in [3.63, 3.8) is 0 Å². The summed E-state index contributed by atoms with van der Waals surface area (Å²) >= 11 is 0. The third-order valence-electron chi connectivity index (χ3n) is 3.81. The zero-order valence-electron chi connectivity index (χ0n) is 12.3. The van der Waals surface area contributed by atoms with Gasteiger partial charge >= 0.3 is 0 Å². The highest BCUT2D eigenvalue weighted by molar-refractivity contribution is 6.01. The van der Waals surface area contributed by atoms with E-state index in [0.717, 1.165) is 45.8 Å². The summed E-state index contributed by atoms with van der Waals surface area (Å²) in [7, 11) is 1.67. The zero-order chi connectivity index (χ0) is 15.0. The lowest BCUT2D eigenvalue weighted by Crippen LogP contribution is -1.98. The van der Waals surface area contributed by atoms with Crippen LogP contribution in [0.3, 0.4) is 0 Å². The summed E-state index contributed by atoms with van der Waals surface area (Å²) in [6.45, 7) is 2.94. The Morgan fingerprint density at radius 3 is 2.38 bits per heavy atom. The van der Waals surface area contributed by atoms with Gasteiger partial charge in [0.15, 0.2) is 0 Å². The molecule has 1 aromatic heterocycles. The summed E-state index contributed by atoms with van der Waals surface area (Å²) in [4.78, 5) is 0. The minimum atomic E-state index is 0.748. The van der Waals surface area contributed by atoms with E-state index in [-0.39, 0.29) is 0 Å². The lowest BCUT2D eigenvalue weighted by Gasteiger charge is -2.09. The predicted octanol–water partition coefficient (Wildman–Crippen LogP) is 3.50. The van der Waals surface area contributed by atoms with Gasteiger partial charge in [-0.3, -0.25) is 0 Å². The van der Waals surface area contributed by atoms with Gasteiger partial charge < -0.3 is 20.8 Å². The Kier molecular flexibility index (Phi) is 3.22. The summed E-state index contributed by atoms with van der Waals surface area (Å²) in [5, 5.41) is 1.05. The first-order chi connectivity index (χ1) is 10.2. The molecule has 0 saturated carbocycles. The number of benzene rings is 2. The number of aromatic nitrogens is 1. The number of aryl methyl sites for hydroxylation is 1. The minimum Gasteiger partial charge on any atom is -0.497 e. The molecule has 1 heterocycles. The van der Waals surface area contributed by atoms with Gasteiger partial charge in [0.1, 0.15) is 5.75 Å². The monoisotopic (exact) mass is 281 g/mol. The van der Waals surface area contributed by atoms with E-state index in [9.17, 15) is 0 Å². The summed E-state index contributed by atoms with van der Waals surface area (Å²) < 4.78 is 7.53. The van der Waals surface area contributed by atoms with E-state index in [1.165, 1.54) is 0 Å².